The van der Waals surface area contributed by atoms with Gasteiger partial charge in [0.15, 0.2) is 0 Å². The first-order chi connectivity index (χ1) is 9.51. The Bertz CT molecular complexity index is 400. The number of nitrogens with zero attached hydrogens (tertiary/aromatic N) is 1. The molecule has 2 rings (SSSR count). The second kappa shape index (κ2) is 7.17. The first-order valence-corrected chi connectivity index (χ1v) is 8.99. The maximum absolute atomic E-state index is 12.5. The zero-order chi connectivity index (χ0) is 14.6. The van der Waals surface area contributed by atoms with E-state index in [1.54, 1.807) is 4.31 Å². The first-order valence-electron chi connectivity index (χ1n) is 7.55. The molecule has 0 amide bonds. The van der Waals surface area contributed by atoms with E-state index in [2.05, 4.69) is 10.0 Å². The number of rotatable bonds is 5. The van der Waals surface area contributed by atoms with Gasteiger partial charge >= 0.3 is 0 Å². The van der Waals surface area contributed by atoms with Gasteiger partial charge in [0.2, 0.25) is 0 Å². The molecular formula is C13H27N3O3S. The molecule has 2 fully saturated rings. The van der Waals surface area contributed by atoms with Crippen LogP contribution in [-0.2, 0) is 14.9 Å². The van der Waals surface area contributed by atoms with Gasteiger partial charge in [0, 0.05) is 25.7 Å². The fraction of sp³-hybridized carbons (Fsp3) is 1.00. The van der Waals surface area contributed by atoms with E-state index in [9.17, 15) is 8.42 Å². The minimum Gasteiger partial charge on any atom is -0.378 e. The molecule has 0 saturated carbocycles. The van der Waals surface area contributed by atoms with Gasteiger partial charge in [-0.25, -0.2) is 0 Å². The molecule has 3 atom stereocenters. The summed E-state index contributed by atoms with van der Waals surface area (Å²) in [6.07, 6.45) is 3.69. The SMILES string of the molecule is CNCC1CCCN(S(=O)(=O)NC2CCOC(C)C2)C1. The highest BCUT2D eigenvalue weighted by atomic mass is 32.2. The van der Waals surface area contributed by atoms with Crippen molar-refractivity contribution in [2.45, 2.75) is 44.8 Å². The van der Waals surface area contributed by atoms with Crippen LogP contribution in [0.15, 0.2) is 0 Å². The van der Waals surface area contributed by atoms with Gasteiger partial charge in [-0.15, -0.1) is 0 Å². The molecular weight excluding hydrogens is 278 g/mol. The van der Waals surface area contributed by atoms with E-state index in [1.807, 2.05) is 14.0 Å². The lowest BCUT2D eigenvalue weighted by Crippen LogP contribution is -2.51. The second-order valence-electron chi connectivity index (χ2n) is 5.95. The van der Waals surface area contributed by atoms with Crippen molar-refractivity contribution in [3.05, 3.63) is 0 Å². The van der Waals surface area contributed by atoms with E-state index in [1.165, 1.54) is 0 Å². The Morgan fingerprint density at radius 2 is 2.15 bits per heavy atom. The Kier molecular flexibility index (Phi) is 5.80. The van der Waals surface area contributed by atoms with Crippen LogP contribution in [0.3, 0.4) is 0 Å². The molecule has 0 aromatic heterocycles. The number of nitrogens with one attached hydrogen (secondary N) is 2. The van der Waals surface area contributed by atoms with Gasteiger partial charge in [-0.1, -0.05) is 0 Å². The van der Waals surface area contributed by atoms with Crippen LogP contribution < -0.4 is 10.0 Å². The second-order valence-corrected chi connectivity index (χ2v) is 7.65. The summed E-state index contributed by atoms with van der Waals surface area (Å²) >= 11 is 0. The third-order valence-electron chi connectivity index (χ3n) is 4.12. The van der Waals surface area contributed by atoms with Crippen LogP contribution >= 0.6 is 0 Å². The summed E-state index contributed by atoms with van der Waals surface area (Å²) in [7, 11) is -1.45. The van der Waals surface area contributed by atoms with Crippen LogP contribution in [0.4, 0.5) is 0 Å². The zero-order valence-corrected chi connectivity index (χ0v) is 13.3. The lowest BCUT2D eigenvalue weighted by molar-refractivity contribution is 0.0170. The van der Waals surface area contributed by atoms with Gasteiger partial charge < -0.3 is 10.1 Å². The van der Waals surface area contributed by atoms with Crippen molar-refractivity contribution in [3.63, 3.8) is 0 Å². The van der Waals surface area contributed by atoms with Crippen LogP contribution in [0.2, 0.25) is 0 Å². The normalized spacial score (nSPS) is 33.2. The Morgan fingerprint density at radius 1 is 1.35 bits per heavy atom. The van der Waals surface area contributed by atoms with Crippen molar-refractivity contribution in [3.8, 4) is 0 Å². The van der Waals surface area contributed by atoms with Gasteiger partial charge in [0.05, 0.1) is 6.10 Å². The van der Waals surface area contributed by atoms with E-state index in [0.717, 1.165) is 32.2 Å². The van der Waals surface area contributed by atoms with Gasteiger partial charge in [0.25, 0.3) is 10.2 Å². The highest BCUT2D eigenvalue weighted by molar-refractivity contribution is 7.87. The maximum Gasteiger partial charge on any atom is 0.279 e. The minimum atomic E-state index is -3.36. The van der Waals surface area contributed by atoms with Gasteiger partial charge in [-0.2, -0.15) is 17.4 Å². The quantitative estimate of drug-likeness (QED) is 0.767. The molecule has 2 N–H and O–H groups in total. The molecule has 7 heteroatoms. The van der Waals surface area contributed by atoms with Crippen LogP contribution in [-0.4, -0.2) is 58.2 Å². The third kappa shape index (κ3) is 4.39. The average molecular weight is 305 g/mol. The molecule has 2 aliphatic rings. The fourth-order valence-electron chi connectivity index (χ4n) is 3.09. The van der Waals surface area contributed by atoms with E-state index in [0.29, 0.717) is 25.6 Å². The Labute approximate surface area is 122 Å². The molecule has 0 bridgehead atoms. The fourth-order valence-corrected chi connectivity index (χ4v) is 4.65. The third-order valence-corrected chi connectivity index (χ3v) is 5.76. The standard InChI is InChI=1S/C13H27N3O3S/c1-11-8-13(5-7-19-11)15-20(17,18)16-6-3-4-12(10-16)9-14-2/h11-15H,3-10H2,1-2H3. The number of hydrogen-bond donors (Lipinski definition) is 2. The molecule has 2 aliphatic heterocycles. The number of piperidine rings is 1. The van der Waals surface area contributed by atoms with Gasteiger partial charge in [-0.3, -0.25) is 0 Å². The topological polar surface area (TPSA) is 70.7 Å². The molecule has 0 aromatic carbocycles. The summed E-state index contributed by atoms with van der Waals surface area (Å²) in [5.41, 5.74) is 0. The molecule has 118 valence electrons. The Morgan fingerprint density at radius 3 is 2.85 bits per heavy atom. The van der Waals surface area contributed by atoms with E-state index in [-0.39, 0.29) is 12.1 Å². The van der Waals surface area contributed by atoms with Crippen LogP contribution in [0.1, 0.15) is 32.6 Å². The van der Waals surface area contributed by atoms with Gasteiger partial charge in [0.1, 0.15) is 0 Å². The van der Waals surface area contributed by atoms with Crippen molar-refractivity contribution in [1.29, 1.82) is 0 Å². The van der Waals surface area contributed by atoms with E-state index in [4.69, 9.17) is 4.74 Å². The van der Waals surface area contributed by atoms with Crippen LogP contribution in [0, 0.1) is 5.92 Å². The van der Waals surface area contributed by atoms with E-state index >= 15 is 0 Å². The van der Waals surface area contributed by atoms with Crippen molar-refractivity contribution in [2.75, 3.05) is 33.3 Å². The molecule has 3 unspecified atom stereocenters. The smallest absolute Gasteiger partial charge is 0.279 e. The molecule has 2 saturated heterocycles. The van der Waals surface area contributed by atoms with Gasteiger partial charge in [-0.05, 0) is 52.1 Å². The summed E-state index contributed by atoms with van der Waals surface area (Å²) in [5.74, 6) is 0.416. The van der Waals surface area contributed by atoms with Crippen LogP contribution in [0.25, 0.3) is 0 Å². The van der Waals surface area contributed by atoms with Crippen LogP contribution in [0.5, 0.6) is 0 Å². The highest BCUT2D eigenvalue weighted by Crippen LogP contribution is 2.20. The molecule has 2 heterocycles. The summed E-state index contributed by atoms with van der Waals surface area (Å²) in [6.45, 7) is 4.75. The molecule has 20 heavy (non-hydrogen) atoms. The summed E-state index contributed by atoms with van der Waals surface area (Å²) in [5, 5.41) is 3.14. The Balaban J connectivity index is 1.91. The minimum absolute atomic E-state index is 0.00780. The monoisotopic (exact) mass is 305 g/mol. The number of hydrogen-bond acceptors (Lipinski definition) is 4. The van der Waals surface area contributed by atoms with Crippen molar-refractivity contribution in [2.24, 2.45) is 5.92 Å². The summed E-state index contributed by atoms with van der Waals surface area (Å²) in [4.78, 5) is 0. The predicted octanol–water partition coefficient (Wildman–Crippen LogP) is 0.320. The maximum atomic E-state index is 12.5. The average Bonchev–Trinajstić information content (AvgIpc) is 2.39. The number of ether oxygens (including phenoxy) is 1. The van der Waals surface area contributed by atoms with E-state index < -0.39 is 10.2 Å². The summed E-state index contributed by atoms with van der Waals surface area (Å²) in [6, 6.07) is 0.00780. The molecule has 6 nitrogen and oxygen atoms in total. The molecule has 0 aromatic rings. The molecule has 0 radical (unpaired) electrons. The predicted molar refractivity (Wildman–Crippen MR) is 78.7 cm³/mol. The largest absolute Gasteiger partial charge is 0.378 e. The molecule has 0 aliphatic carbocycles. The Hall–Kier alpha value is -0.210. The lowest BCUT2D eigenvalue weighted by atomic mass is 10.00. The van der Waals surface area contributed by atoms with Crippen molar-refractivity contribution < 1.29 is 13.2 Å². The first kappa shape index (κ1) is 16.2. The van der Waals surface area contributed by atoms with Crippen molar-refractivity contribution in [1.82, 2.24) is 14.3 Å². The molecule has 0 spiro atoms. The van der Waals surface area contributed by atoms with Crippen molar-refractivity contribution >= 4 is 10.2 Å². The lowest BCUT2D eigenvalue weighted by Gasteiger charge is -2.34. The highest BCUT2D eigenvalue weighted by Gasteiger charge is 2.31. The summed E-state index contributed by atoms with van der Waals surface area (Å²) < 4.78 is 34.9. The zero-order valence-electron chi connectivity index (χ0n) is 12.5.